The van der Waals surface area contributed by atoms with E-state index in [2.05, 4.69) is 6.58 Å². The van der Waals surface area contributed by atoms with E-state index in [4.69, 9.17) is 5.11 Å². The fourth-order valence-electron chi connectivity index (χ4n) is 1.67. The molecule has 0 unspecified atom stereocenters. The summed E-state index contributed by atoms with van der Waals surface area (Å²) in [4.78, 5) is 23.1. The minimum Gasteiger partial charge on any atom is -0.478 e. The van der Waals surface area contributed by atoms with Crippen LogP contribution in [0, 0.1) is 0 Å². The van der Waals surface area contributed by atoms with Gasteiger partial charge in [0, 0.05) is 18.0 Å². The molecule has 0 bridgehead atoms. The third-order valence-electron chi connectivity index (χ3n) is 2.56. The SMILES string of the molecule is C=Cn1cc(C(=O)O)cc1C(=O)c1ccccc1. The first-order valence-corrected chi connectivity index (χ1v) is 5.31. The molecule has 0 aliphatic rings. The van der Waals surface area contributed by atoms with Gasteiger partial charge in [0.25, 0.3) is 0 Å². The fraction of sp³-hybridized carbons (Fsp3) is 0. The fourth-order valence-corrected chi connectivity index (χ4v) is 1.67. The van der Waals surface area contributed by atoms with E-state index in [1.165, 1.54) is 23.0 Å². The summed E-state index contributed by atoms with van der Waals surface area (Å²) in [7, 11) is 0. The zero-order chi connectivity index (χ0) is 13.1. The number of carboxylic acid groups (broad SMARTS) is 1. The Morgan fingerprint density at radius 2 is 1.83 bits per heavy atom. The number of aromatic carboxylic acids is 1. The zero-order valence-corrected chi connectivity index (χ0v) is 9.54. The lowest BCUT2D eigenvalue weighted by atomic mass is 10.1. The van der Waals surface area contributed by atoms with Crippen molar-refractivity contribution in [2.24, 2.45) is 0 Å². The predicted octanol–water partition coefficient (Wildman–Crippen LogP) is 2.52. The van der Waals surface area contributed by atoms with Crippen LogP contribution in [0.5, 0.6) is 0 Å². The smallest absolute Gasteiger partial charge is 0.337 e. The van der Waals surface area contributed by atoms with E-state index >= 15 is 0 Å². The number of carbonyl (C=O) groups is 2. The van der Waals surface area contributed by atoms with Gasteiger partial charge in [0.05, 0.1) is 11.3 Å². The van der Waals surface area contributed by atoms with Gasteiger partial charge in [-0.1, -0.05) is 36.9 Å². The maximum atomic E-state index is 12.2. The van der Waals surface area contributed by atoms with Crippen LogP contribution < -0.4 is 0 Å². The maximum Gasteiger partial charge on any atom is 0.337 e. The summed E-state index contributed by atoms with van der Waals surface area (Å²) < 4.78 is 1.42. The highest BCUT2D eigenvalue weighted by Gasteiger charge is 2.16. The highest BCUT2D eigenvalue weighted by Crippen LogP contribution is 2.14. The molecule has 0 amide bonds. The molecule has 0 saturated carbocycles. The van der Waals surface area contributed by atoms with Gasteiger partial charge in [0.15, 0.2) is 0 Å². The van der Waals surface area contributed by atoms with Gasteiger partial charge in [0.1, 0.15) is 0 Å². The first-order valence-electron chi connectivity index (χ1n) is 5.31. The summed E-state index contributed by atoms with van der Waals surface area (Å²) >= 11 is 0. The van der Waals surface area contributed by atoms with Crippen molar-refractivity contribution in [1.82, 2.24) is 4.57 Å². The lowest BCUT2D eigenvalue weighted by molar-refractivity contribution is 0.0697. The van der Waals surface area contributed by atoms with Crippen LogP contribution in [0.25, 0.3) is 6.20 Å². The second-order valence-electron chi connectivity index (χ2n) is 3.70. The summed E-state index contributed by atoms with van der Waals surface area (Å²) in [6.07, 6.45) is 2.77. The number of hydrogen-bond acceptors (Lipinski definition) is 2. The third-order valence-corrected chi connectivity index (χ3v) is 2.56. The molecule has 1 aromatic carbocycles. The monoisotopic (exact) mass is 241 g/mol. The quantitative estimate of drug-likeness (QED) is 0.837. The molecule has 0 aliphatic heterocycles. The highest BCUT2D eigenvalue weighted by atomic mass is 16.4. The standard InChI is InChI=1S/C14H11NO3/c1-2-15-9-11(14(17)18)8-12(15)13(16)10-6-4-3-5-7-10/h2-9H,1H2,(H,17,18). The van der Waals surface area contributed by atoms with Gasteiger partial charge < -0.3 is 9.67 Å². The molecule has 18 heavy (non-hydrogen) atoms. The van der Waals surface area contributed by atoms with Gasteiger partial charge >= 0.3 is 5.97 Å². The molecule has 1 heterocycles. The number of ketones is 1. The van der Waals surface area contributed by atoms with Crippen LogP contribution in [0.15, 0.2) is 49.2 Å². The highest BCUT2D eigenvalue weighted by molar-refractivity contribution is 6.09. The number of nitrogens with zero attached hydrogens (tertiary/aromatic N) is 1. The Kier molecular flexibility index (Phi) is 3.10. The average molecular weight is 241 g/mol. The zero-order valence-electron chi connectivity index (χ0n) is 9.54. The molecule has 2 rings (SSSR count). The number of hydrogen-bond donors (Lipinski definition) is 1. The summed E-state index contributed by atoms with van der Waals surface area (Å²) in [5.74, 6) is -1.30. The minimum absolute atomic E-state index is 0.0641. The first kappa shape index (κ1) is 11.9. The Hall–Kier alpha value is -2.62. The van der Waals surface area contributed by atoms with Gasteiger partial charge in [-0.25, -0.2) is 4.79 Å². The molecule has 0 fully saturated rings. The van der Waals surface area contributed by atoms with E-state index in [0.29, 0.717) is 5.56 Å². The summed E-state index contributed by atoms with van der Waals surface area (Å²) in [5, 5.41) is 8.91. The van der Waals surface area contributed by atoms with E-state index in [0.717, 1.165) is 0 Å². The van der Waals surface area contributed by atoms with Gasteiger partial charge in [-0.15, -0.1) is 0 Å². The van der Waals surface area contributed by atoms with Crippen LogP contribution in [0.4, 0.5) is 0 Å². The largest absolute Gasteiger partial charge is 0.478 e. The molecule has 1 aromatic heterocycles. The molecule has 1 N–H and O–H groups in total. The average Bonchev–Trinajstić information content (AvgIpc) is 2.83. The molecule has 0 aliphatic carbocycles. The number of carbonyl (C=O) groups excluding carboxylic acids is 1. The van der Waals surface area contributed by atoms with E-state index in [1.807, 2.05) is 6.07 Å². The Bertz CT molecular complexity index is 611. The summed E-state index contributed by atoms with van der Waals surface area (Å²) in [6, 6.07) is 10.0. The molecule has 0 radical (unpaired) electrons. The van der Waals surface area contributed by atoms with Crippen molar-refractivity contribution in [3.05, 3.63) is 66.0 Å². The molecular weight excluding hydrogens is 230 g/mol. The van der Waals surface area contributed by atoms with E-state index in [1.54, 1.807) is 24.3 Å². The molecule has 0 atom stereocenters. The normalized spacial score (nSPS) is 10.0. The molecular formula is C14H11NO3. The maximum absolute atomic E-state index is 12.2. The van der Waals surface area contributed by atoms with Crippen LogP contribution in [-0.4, -0.2) is 21.4 Å². The second-order valence-corrected chi connectivity index (χ2v) is 3.70. The molecule has 4 nitrogen and oxygen atoms in total. The van der Waals surface area contributed by atoms with Crippen LogP contribution in [-0.2, 0) is 0 Å². The van der Waals surface area contributed by atoms with Crippen LogP contribution in [0.3, 0.4) is 0 Å². The van der Waals surface area contributed by atoms with Gasteiger partial charge in [-0.2, -0.15) is 0 Å². The van der Waals surface area contributed by atoms with Gasteiger partial charge in [-0.05, 0) is 6.07 Å². The van der Waals surface area contributed by atoms with Crippen LogP contribution in [0.1, 0.15) is 26.4 Å². The molecule has 2 aromatic rings. The van der Waals surface area contributed by atoms with Crippen molar-refractivity contribution in [1.29, 1.82) is 0 Å². The number of carboxylic acids is 1. The molecule has 4 heteroatoms. The molecule has 0 spiro atoms. The van der Waals surface area contributed by atoms with Gasteiger partial charge in [0.2, 0.25) is 5.78 Å². The molecule has 0 saturated heterocycles. The van der Waals surface area contributed by atoms with Crippen LogP contribution >= 0.6 is 0 Å². The number of benzene rings is 1. The minimum atomic E-state index is -1.07. The molecule has 90 valence electrons. The van der Waals surface area contributed by atoms with Crippen molar-refractivity contribution >= 4 is 18.0 Å². The Labute approximate surface area is 104 Å². The van der Waals surface area contributed by atoms with Crippen molar-refractivity contribution in [2.45, 2.75) is 0 Å². The Morgan fingerprint density at radius 3 is 2.39 bits per heavy atom. The Balaban J connectivity index is 2.48. The first-order chi connectivity index (χ1) is 8.63. The summed E-state index contributed by atoms with van der Waals surface area (Å²) in [6.45, 7) is 3.56. The van der Waals surface area contributed by atoms with Crippen LogP contribution in [0.2, 0.25) is 0 Å². The topological polar surface area (TPSA) is 59.3 Å². The predicted molar refractivity (Wildman–Crippen MR) is 67.7 cm³/mol. The van der Waals surface area contributed by atoms with E-state index in [9.17, 15) is 9.59 Å². The van der Waals surface area contributed by atoms with E-state index in [-0.39, 0.29) is 17.0 Å². The lowest BCUT2D eigenvalue weighted by Crippen LogP contribution is -2.05. The number of rotatable bonds is 4. The third kappa shape index (κ3) is 2.08. The lowest BCUT2D eigenvalue weighted by Gasteiger charge is -2.02. The van der Waals surface area contributed by atoms with Gasteiger partial charge in [-0.3, -0.25) is 4.79 Å². The van der Waals surface area contributed by atoms with Crippen molar-refractivity contribution in [2.75, 3.05) is 0 Å². The van der Waals surface area contributed by atoms with Crippen molar-refractivity contribution < 1.29 is 14.7 Å². The van der Waals surface area contributed by atoms with E-state index < -0.39 is 5.97 Å². The number of aromatic nitrogens is 1. The summed E-state index contributed by atoms with van der Waals surface area (Å²) in [5.41, 5.74) is 0.860. The Morgan fingerprint density at radius 1 is 1.17 bits per heavy atom. The van der Waals surface area contributed by atoms with Crippen molar-refractivity contribution in [3.63, 3.8) is 0 Å². The second kappa shape index (κ2) is 4.71. The van der Waals surface area contributed by atoms with Crippen molar-refractivity contribution in [3.8, 4) is 0 Å².